The Kier molecular flexibility index (Phi) is 2.71. The molecule has 0 fully saturated rings. The molecule has 2 aliphatic rings. The van der Waals surface area contributed by atoms with Crippen molar-refractivity contribution in [3.05, 3.63) is 23.7 Å². The highest BCUT2D eigenvalue weighted by Gasteiger charge is 2.40. The van der Waals surface area contributed by atoms with Gasteiger partial charge in [0.05, 0.1) is 5.70 Å². The van der Waals surface area contributed by atoms with E-state index in [0.29, 0.717) is 10.7 Å². The minimum atomic E-state index is -1.06. The van der Waals surface area contributed by atoms with E-state index >= 15 is 0 Å². The zero-order valence-corrected chi connectivity index (χ0v) is 9.40. The van der Waals surface area contributed by atoms with Gasteiger partial charge in [-0.05, 0) is 6.42 Å². The van der Waals surface area contributed by atoms with Crippen LogP contribution in [0.15, 0.2) is 28.7 Å². The van der Waals surface area contributed by atoms with Gasteiger partial charge >= 0.3 is 5.97 Å². The number of aliphatic imine (C=N–C) groups is 1. The van der Waals surface area contributed by atoms with Crippen molar-refractivity contribution in [2.45, 2.75) is 19.6 Å². The first-order chi connectivity index (χ1) is 7.54. The van der Waals surface area contributed by atoms with E-state index in [-0.39, 0.29) is 5.57 Å². The lowest BCUT2D eigenvalue weighted by atomic mass is 10.2. The summed E-state index contributed by atoms with van der Waals surface area (Å²) in [5.41, 5.74) is 6.73. The lowest BCUT2D eigenvalue weighted by Crippen LogP contribution is -3.17. The summed E-state index contributed by atoms with van der Waals surface area (Å²) in [6.07, 6.45) is 3.27. The topological polar surface area (TPSA) is 83.4 Å². The van der Waals surface area contributed by atoms with Crippen LogP contribution in [0.5, 0.6) is 0 Å². The number of nitrogens with two attached hydrogens (primary N) is 1. The van der Waals surface area contributed by atoms with Crippen molar-refractivity contribution in [3.63, 3.8) is 0 Å². The van der Waals surface area contributed by atoms with Gasteiger partial charge in [0.25, 0.3) is 0 Å². The third-order valence-corrected chi connectivity index (χ3v) is 2.84. The minimum Gasteiger partial charge on any atom is -0.477 e. The molecule has 7 heteroatoms. The molecule has 16 heavy (non-hydrogen) atoms. The number of amidine groups is 1. The van der Waals surface area contributed by atoms with E-state index in [0.717, 1.165) is 16.5 Å². The van der Waals surface area contributed by atoms with Crippen LogP contribution in [0.2, 0.25) is 0 Å². The summed E-state index contributed by atoms with van der Waals surface area (Å²) in [5, 5.41) is 9.04. The second-order valence-electron chi connectivity index (χ2n) is 3.54. The first-order valence-electron chi connectivity index (χ1n) is 4.86. The number of quaternary nitrogens is 1. The Morgan fingerprint density at radius 3 is 3.06 bits per heavy atom. The van der Waals surface area contributed by atoms with E-state index in [1.54, 1.807) is 6.20 Å². The number of hydrogen-bond acceptors (Lipinski definition) is 4. The second kappa shape index (κ2) is 3.89. The van der Waals surface area contributed by atoms with Crippen LogP contribution in [0.4, 0.5) is 0 Å². The summed E-state index contributed by atoms with van der Waals surface area (Å²) in [5.74, 6) is -0.631. The molecule has 0 radical (unpaired) electrons. The molecule has 0 aliphatic carbocycles. The fraction of sp³-hybridized carbons (Fsp3) is 0.333. The monoisotopic (exact) mass is 243 g/mol. The maximum atomic E-state index is 11.0. The average Bonchev–Trinajstić information content (AvgIpc) is 2.67. The molecule has 0 saturated heterocycles. The summed E-state index contributed by atoms with van der Waals surface area (Å²) >= 11 is 5.83. The van der Waals surface area contributed by atoms with Crippen LogP contribution in [-0.2, 0) is 4.79 Å². The van der Waals surface area contributed by atoms with Gasteiger partial charge in [-0.15, -0.1) is 0 Å². The largest absolute Gasteiger partial charge is 0.477 e. The van der Waals surface area contributed by atoms with E-state index < -0.39 is 12.3 Å². The van der Waals surface area contributed by atoms with Crippen molar-refractivity contribution in [1.82, 2.24) is 4.42 Å². The normalized spacial score (nSPS) is 28.2. The summed E-state index contributed by atoms with van der Waals surface area (Å²) in [7, 11) is 0. The zero-order chi connectivity index (χ0) is 11.9. The highest BCUT2D eigenvalue weighted by Crippen LogP contribution is 2.14. The van der Waals surface area contributed by atoms with Crippen molar-refractivity contribution in [2.24, 2.45) is 10.7 Å². The van der Waals surface area contributed by atoms with Crippen LogP contribution in [0.1, 0.15) is 13.3 Å². The number of allylic oxidation sites excluding steroid dienone is 1. The van der Waals surface area contributed by atoms with E-state index in [4.69, 9.17) is 22.6 Å². The third kappa shape index (κ3) is 1.60. The summed E-state index contributed by atoms with van der Waals surface area (Å²) in [4.78, 5) is 15.9. The molecular formula is C9H12ClN4O2+. The number of carboxylic acid groups (broad SMARTS) is 1. The fourth-order valence-corrected chi connectivity index (χ4v) is 1.87. The van der Waals surface area contributed by atoms with Gasteiger partial charge in [-0.1, -0.05) is 6.92 Å². The van der Waals surface area contributed by atoms with Crippen molar-refractivity contribution >= 4 is 23.6 Å². The van der Waals surface area contributed by atoms with Gasteiger partial charge in [0.2, 0.25) is 12.1 Å². The minimum absolute atomic E-state index is 0.0754. The van der Waals surface area contributed by atoms with Gasteiger partial charge in [0.1, 0.15) is 6.20 Å². The molecule has 4 N–H and O–H groups in total. The third-order valence-electron chi connectivity index (χ3n) is 2.54. The second-order valence-corrected chi connectivity index (χ2v) is 3.93. The molecule has 0 aromatic heterocycles. The fourth-order valence-electron chi connectivity index (χ4n) is 1.66. The smallest absolute Gasteiger partial charge is 0.345 e. The number of aliphatic carboxylic acids is 1. The number of halogens is 1. The molecule has 2 unspecified atom stereocenters. The van der Waals surface area contributed by atoms with Crippen molar-refractivity contribution in [3.8, 4) is 0 Å². The van der Waals surface area contributed by atoms with Gasteiger partial charge in [-0.25, -0.2) is 14.1 Å². The van der Waals surface area contributed by atoms with Crippen LogP contribution in [0.25, 0.3) is 0 Å². The summed E-state index contributed by atoms with van der Waals surface area (Å²) < 4.78 is 1.16. The quantitative estimate of drug-likeness (QED) is 0.556. The molecule has 86 valence electrons. The molecule has 2 atom stereocenters. The van der Waals surface area contributed by atoms with Gasteiger partial charge in [0, 0.05) is 18.0 Å². The van der Waals surface area contributed by atoms with Crippen LogP contribution < -0.4 is 10.6 Å². The average molecular weight is 244 g/mol. The Morgan fingerprint density at radius 2 is 2.50 bits per heavy atom. The van der Waals surface area contributed by atoms with Crippen LogP contribution in [0, 0.1) is 0 Å². The lowest BCUT2D eigenvalue weighted by molar-refractivity contribution is -0.788. The molecular weight excluding hydrogens is 232 g/mol. The van der Waals surface area contributed by atoms with Crippen LogP contribution in [-0.4, -0.2) is 27.6 Å². The van der Waals surface area contributed by atoms with Gasteiger partial charge in [0.15, 0.2) is 5.57 Å². The van der Waals surface area contributed by atoms with Crippen molar-refractivity contribution in [2.75, 3.05) is 0 Å². The highest BCUT2D eigenvalue weighted by atomic mass is 35.5. The number of nitrogens with one attached hydrogen (secondary N) is 1. The van der Waals surface area contributed by atoms with Gasteiger partial charge in [-0.2, -0.15) is 4.99 Å². The number of rotatable bonds is 2. The number of carbonyl (C=O) groups is 1. The summed E-state index contributed by atoms with van der Waals surface area (Å²) in [6, 6.07) is 0. The zero-order valence-electron chi connectivity index (χ0n) is 8.64. The number of hydrogen-bond donors (Lipinski definition) is 3. The Bertz CT molecular complexity index is 429. The van der Waals surface area contributed by atoms with Gasteiger partial charge < -0.3 is 5.11 Å². The van der Waals surface area contributed by atoms with E-state index in [1.807, 2.05) is 6.92 Å². The van der Waals surface area contributed by atoms with E-state index in [9.17, 15) is 4.79 Å². The number of carboxylic acids is 1. The number of nitrogens with zero attached hydrogens (tertiary/aromatic N) is 2. The number of fused-ring (bicyclic) bond motifs is 1. The van der Waals surface area contributed by atoms with Crippen molar-refractivity contribution < 1.29 is 14.8 Å². The van der Waals surface area contributed by atoms with E-state index in [1.165, 1.54) is 6.20 Å². The standard InChI is InChI=1S/C9H11ClN4O2/c1-2-5-3-13-7(12-5)6(8(15)16)4-14(10)9(13)11/h3-4,9H,2,11H2,1H3,(H,15,16)/p+1. The highest BCUT2D eigenvalue weighted by molar-refractivity contribution is 6.19. The Morgan fingerprint density at radius 1 is 1.81 bits per heavy atom. The Balaban J connectivity index is 2.44. The lowest BCUT2D eigenvalue weighted by Gasteiger charge is -2.28. The molecule has 0 saturated carbocycles. The molecule has 2 heterocycles. The molecule has 0 aromatic carbocycles. The molecule has 2 rings (SSSR count). The van der Waals surface area contributed by atoms with Crippen LogP contribution in [0.3, 0.4) is 0 Å². The Labute approximate surface area is 97.4 Å². The molecule has 0 amide bonds. The SMILES string of the molecule is CCC1=C[NH+]2C(=N1)C(C(=O)O)=CN(Cl)C2N. The predicted molar refractivity (Wildman–Crippen MR) is 58.2 cm³/mol. The molecule has 0 aromatic rings. The first kappa shape index (κ1) is 11.1. The maximum absolute atomic E-state index is 11.0. The molecule has 6 nitrogen and oxygen atoms in total. The molecule has 2 aliphatic heterocycles. The maximum Gasteiger partial charge on any atom is 0.345 e. The Hall–Kier alpha value is -1.37. The summed E-state index contributed by atoms with van der Waals surface area (Å²) in [6.45, 7) is 1.95. The molecule has 0 bridgehead atoms. The van der Waals surface area contributed by atoms with Crippen LogP contribution >= 0.6 is 11.8 Å². The van der Waals surface area contributed by atoms with Gasteiger partial charge in [-0.3, -0.25) is 5.73 Å². The molecule has 0 spiro atoms. The van der Waals surface area contributed by atoms with E-state index in [2.05, 4.69) is 4.99 Å². The first-order valence-corrected chi connectivity index (χ1v) is 5.20. The predicted octanol–water partition coefficient (Wildman–Crippen LogP) is -0.785. The van der Waals surface area contributed by atoms with Crippen molar-refractivity contribution in [1.29, 1.82) is 0 Å².